The number of carbonyl (C=O) groups is 1. The molecule has 21 heavy (non-hydrogen) atoms. The van der Waals surface area contributed by atoms with Gasteiger partial charge in [-0.2, -0.15) is 4.37 Å². The van der Waals surface area contributed by atoms with Gasteiger partial charge in [-0.1, -0.05) is 6.92 Å². The largest absolute Gasteiger partial charge is 0.343 e. The second-order valence-electron chi connectivity index (χ2n) is 5.31. The monoisotopic (exact) mass is 331 g/mol. The molecule has 1 aromatic rings. The summed E-state index contributed by atoms with van der Waals surface area (Å²) >= 11 is 1.46. The molecule has 3 heterocycles. The summed E-state index contributed by atoms with van der Waals surface area (Å²) in [5.74, 6) is 1.19. The average Bonchev–Trinajstić information content (AvgIpc) is 3.18. The Morgan fingerprint density at radius 1 is 1.38 bits per heavy atom. The summed E-state index contributed by atoms with van der Waals surface area (Å²) in [7, 11) is 0. The third-order valence-electron chi connectivity index (χ3n) is 3.99. The fraction of sp³-hybridized carbons (Fsp3) is 0.769. The number of piperazine rings is 1. The van der Waals surface area contributed by atoms with E-state index in [-0.39, 0.29) is 24.4 Å². The van der Waals surface area contributed by atoms with Crippen molar-refractivity contribution in [3.8, 4) is 0 Å². The number of aryl methyl sites for hydroxylation is 1. The van der Waals surface area contributed by atoms with Crippen LogP contribution in [-0.2, 0) is 11.2 Å². The maximum absolute atomic E-state index is 12.3. The molecule has 0 aliphatic carbocycles. The molecule has 1 unspecified atom stereocenters. The van der Waals surface area contributed by atoms with Gasteiger partial charge >= 0.3 is 0 Å². The molecule has 0 saturated carbocycles. The van der Waals surface area contributed by atoms with E-state index < -0.39 is 0 Å². The number of amides is 1. The van der Waals surface area contributed by atoms with E-state index >= 15 is 0 Å². The number of aromatic nitrogens is 2. The zero-order chi connectivity index (χ0) is 13.9. The molecule has 8 heteroatoms. The number of halogens is 1. The molecule has 0 spiro atoms. The Labute approximate surface area is 135 Å². The Hall–Kier alpha value is -0.920. The fourth-order valence-electron chi connectivity index (χ4n) is 2.75. The van der Waals surface area contributed by atoms with Crippen molar-refractivity contribution >= 4 is 35.0 Å². The van der Waals surface area contributed by atoms with Crippen molar-refractivity contribution in [2.45, 2.75) is 32.2 Å². The van der Waals surface area contributed by atoms with E-state index in [2.05, 4.69) is 26.5 Å². The number of rotatable bonds is 3. The lowest BCUT2D eigenvalue weighted by atomic mass is 10.2. The molecule has 2 fully saturated rings. The Morgan fingerprint density at radius 2 is 2.14 bits per heavy atom. The first-order chi connectivity index (χ1) is 9.78. The van der Waals surface area contributed by atoms with Gasteiger partial charge in [0.25, 0.3) is 0 Å². The van der Waals surface area contributed by atoms with Crippen LogP contribution < -0.4 is 10.2 Å². The second kappa shape index (κ2) is 7.38. The predicted octanol–water partition coefficient (Wildman–Crippen LogP) is 0.923. The molecule has 0 radical (unpaired) electrons. The Balaban J connectivity index is 0.00000161. The molecule has 1 amide bonds. The third-order valence-corrected chi connectivity index (χ3v) is 4.81. The van der Waals surface area contributed by atoms with E-state index in [0.29, 0.717) is 0 Å². The van der Waals surface area contributed by atoms with Gasteiger partial charge in [0.05, 0.1) is 6.04 Å². The van der Waals surface area contributed by atoms with Crippen LogP contribution in [0.25, 0.3) is 0 Å². The predicted molar refractivity (Wildman–Crippen MR) is 86.4 cm³/mol. The molecule has 0 aromatic carbocycles. The van der Waals surface area contributed by atoms with Crippen LogP contribution in [0.5, 0.6) is 0 Å². The lowest BCUT2D eigenvalue weighted by Gasteiger charge is -2.35. The maximum Gasteiger partial charge on any atom is 0.239 e. The van der Waals surface area contributed by atoms with Crippen molar-refractivity contribution in [2.75, 3.05) is 37.6 Å². The van der Waals surface area contributed by atoms with Gasteiger partial charge in [0.15, 0.2) is 0 Å². The number of hydrogen-bond donors (Lipinski definition) is 1. The molecule has 1 atom stereocenters. The smallest absolute Gasteiger partial charge is 0.239 e. The van der Waals surface area contributed by atoms with E-state index in [1.807, 2.05) is 4.90 Å². The van der Waals surface area contributed by atoms with Crippen molar-refractivity contribution in [3.05, 3.63) is 5.82 Å². The van der Waals surface area contributed by atoms with E-state index in [0.717, 1.165) is 62.9 Å². The average molecular weight is 332 g/mol. The summed E-state index contributed by atoms with van der Waals surface area (Å²) in [5.41, 5.74) is 0. The topological polar surface area (TPSA) is 61.4 Å². The Bertz CT molecular complexity index is 469. The van der Waals surface area contributed by atoms with E-state index in [9.17, 15) is 4.79 Å². The van der Waals surface area contributed by atoms with E-state index in [4.69, 9.17) is 0 Å². The molecular weight excluding hydrogens is 310 g/mol. The normalized spacial score (nSPS) is 22.2. The quantitative estimate of drug-likeness (QED) is 0.892. The first kappa shape index (κ1) is 16.5. The fourth-order valence-corrected chi connectivity index (χ4v) is 3.55. The number of nitrogens with zero attached hydrogens (tertiary/aromatic N) is 4. The van der Waals surface area contributed by atoms with Crippen LogP contribution in [0.4, 0.5) is 5.13 Å². The van der Waals surface area contributed by atoms with Crippen molar-refractivity contribution in [1.29, 1.82) is 0 Å². The van der Waals surface area contributed by atoms with Crippen LogP contribution in [0.3, 0.4) is 0 Å². The molecule has 0 bridgehead atoms. The van der Waals surface area contributed by atoms with Gasteiger partial charge in [0.1, 0.15) is 5.82 Å². The maximum atomic E-state index is 12.3. The zero-order valence-electron chi connectivity index (χ0n) is 12.2. The highest BCUT2D eigenvalue weighted by Crippen LogP contribution is 2.20. The van der Waals surface area contributed by atoms with Crippen LogP contribution in [0.15, 0.2) is 0 Å². The summed E-state index contributed by atoms with van der Waals surface area (Å²) in [4.78, 5) is 21.1. The van der Waals surface area contributed by atoms with Crippen molar-refractivity contribution in [3.63, 3.8) is 0 Å². The summed E-state index contributed by atoms with van der Waals surface area (Å²) in [5, 5.41) is 4.28. The van der Waals surface area contributed by atoms with Gasteiger partial charge in [-0.3, -0.25) is 4.79 Å². The highest BCUT2D eigenvalue weighted by molar-refractivity contribution is 7.09. The molecule has 3 rings (SSSR count). The summed E-state index contributed by atoms with van der Waals surface area (Å²) < 4.78 is 4.33. The van der Waals surface area contributed by atoms with Gasteiger partial charge in [-0.15, -0.1) is 12.4 Å². The standard InChI is InChI=1S/C13H21N5OS.ClH/c1-2-11-15-13(20-16-11)18-8-6-17(7-9-18)12(19)10-4-3-5-14-10;/h10,14H,2-9H2,1H3;1H. The van der Waals surface area contributed by atoms with Gasteiger partial charge in [-0.05, 0) is 19.4 Å². The number of hydrogen-bond acceptors (Lipinski definition) is 6. The highest BCUT2D eigenvalue weighted by Gasteiger charge is 2.29. The molecule has 1 aromatic heterocycles. The second-order valence-corrected chi connectivity index (χ2v) is 6.04. The number of nitrogens with one attached hydrogen (secondary N) is 1. The molecule has 2 aliphatic rings. The van der Waals surface area contributed by atoms with Crippen LogP contribution in [0, 0.1) is 0 Å². The number of carbonyl (C=O) groups excluding carboxylic acids is 1. The van der Waals surface area contributed by atoms with Crippen LogP contribution in [0.1, 0.15) is 25.6 Å². The lowest BCUT2D eigenvalue weighted by Crippen LogP contribution is -2.53. The first-order valence-electron chi connectivity index (χ1n) is 7.37. The molecule has 1 N–H and O–H groups in total. The van der Waals surface area contributed by atoms with Crippen molar-refractivity contribution in [1.82, 2.24) is 19.6 Å². The molecule has 118 valence electrons. The van der Waals surface area contributed by atoms with Crippen LogP contribution in [0.2, 0.25) is 0 Å². The van der Waals surface area contributed by atoms with Crippen LogP contribution in [-0.4, -0.2) is 58.9 Å². The van der Waals surface area contributed by atoms with Crippen molar-refractivity contribution < 1.29 is 4.79 Å². The summed E-state index contributed by atoms with van der Waals surface area (Å²) in [6.45, 7) is 6.34. The molecular formula is C13H22ClN5OS. The summed E-state index contributed by atoms with van der Waals surface area (Å²) in [6.07, 6.45) is 2.97. The molecule has 6 nitrogen and oxygen atoms in total. The SMILES string of the molecule is CCc1nsc(N2CCN(C(=O)C3CCCN3)CC2)n1.Cl. The van der Waals surface area contributed by atoms with Gasteiger partial charge < -0.3 is 15.1 Å². The third kappa shape index (κ3) is 3.64. The highest BCUT2D eigenvalue weighted by atomic mass is 35.5. The Kier molecular flexibility index (Phi) is 5.78. The molecule has 2 aliphatic heterocycles. The minimum Gasteiger partial charge on any atom is -0.343 e. The minimum absolute atomic E-state index is 0. The summed E-state index contributed by atoms with van der Waals surface area (Å²) in [6, 6.07) is 0.0507. The van der Waals surface area contributed by atoms with Crippen LogP contribution >= 0.6 is 23.9 Å². The number of anilines is 1. The zero-order valence-corrected chi connectivity index (χ0v) is 13.9. The van der Waals surface area contributed by atoms with Crippen molar-refractivity contribution in [2.24, 2.45) is 0 Å². The van der Waals surface area contributed by atoms with Gasteiger partial charge in [0.2, 0.25) is 11.0 Å². The Morgan fingerprint density at radius 3 is 2.71 bits per heavy atom. The van der Waals surface area contributed by atoms with Gasteiger partial charge in [-0.25, -0.2) is 4.98 Å². The van der Waals surface area contributed by atoms with E-state index in [1.165, 1.54) is 11.5 Å². The van der Waals surface area contributed by atoms with Gasteiger partial charge in [0, 0.05) is 44.1 Å². The lowest BCUT2D eigenvalue weighted by molar-refractivity contribution is -0.133. The minimum atomic E-state index is 0. The first-order valence-corrected chi connectivity index (χ1v) is 8.15. The van der Waals surface area contributed by atoms with E-state index in [1.54, 1.807) is 0 Å². The molecule has 2 saturated heterocycles.